The Morgan fingerprint density at radius 3 is 2.76 bits per heavy atom. The molecule has 0 saturated carbocycles. The number of amides is 2. The molecule has 8 nitrogen and oxygen atoms in total. The zero-order valence-corrected chi connectivity index (χ0v) is 14.5. The van der Waals surface area contributed by atoms with E-state index < -0.39 is 23.9 Å². The van der Waals surface area contributed by atoms with E-state index in [-0.39, 0.29) is 17.0 Å². The largest absolute Gasteiger partial charge is 0.477 e. The van der Waals surface area contributed by atoms with E-state index in [9.17, 15) is 14.4 Å². The molecule has 3 N–H and O–H groups in total. The van der Waals surface area contributed by atoms with E-state index in [1.54, 1.807) is 18.4 Å². The van der Waals surface area contributed by atoms with Crippen LogP contribution in [0.25, 0.3) is 0 Å². The van der Waals surface area contributed by atoms with Crippen LogP contribution in [0, 0.1) is 0 Å². The second-order valence-electron chi connectivity index (χ2n) is 4.85. The normalized spacial score (nSPS) is 11.4. The van der Waals surface area contributed by atoms with E-state index in [4.69, 9.17) is 15.2 Å². The van der Waals surface area contributed by atoms with Crippen molar-refractivity contribution in [2.75, 3.05) is 11.9 Å². The fourth-order valence-electron chi connectivity index (χ4n) is 1.89. The molecule has 2 heterocycles. The molecule has 0 unspecified atom stereocenters. The summed E-state index contributed by atoms with van der Waals surface area (Å²) in [5.74, 6) is -1.84. The molecule has 0 bridgehead atoms. The Bertz CT molecular complexity index is 790. The summed E-state index contributed by atoms with van der Waals surface area (Å²) in [7, 11) is 0. The van der Waals surface area contributed by atoms with Gasteiger partial charge in [0, 0.05) is 6.20 Å². The number of carbonyl (C=O) groups is 3. The summed E-state index contributed by atoms with van der Waals surface area (Å²) in [6, 6.07) is 4.56. The number of hydrogen-bond donors (Lipinski definition) is 2. The third kappa shape index (κ3) is 4.54. The Kier molecular flexibility index (Phi) is 6.07. The van der Waals surface area contributed by atoms with Crippen LogP contribution in [0.4, 0.5) is 5.00 Å². The van der Waals surface area contributed by atoms with Gasteiger partial charge in [-0.05, 0) is 37.4 Å². The van der Waals surface area contributed by atoms with Crippen LogP contribution in [0.5, 0.6) is 5.88 Å². The lowest BCUT2D eigenvalue weighted by Crippen LogP contribution is -2.30. The Hall–Kier alpha value is -2.94. The number of nitrogens with one attached hydrogen (secondary N) is 1. The topological polar surface area (TPSA) is 121 Å². The molecule has 2 aromatic heterocycles. The molecule has 9 heteroatoms. The molecular formula is C16H17N3O5S. The van der Waals surface area contributed by atoms with Gasteiger partial charge in [-0.15, -0.1) is 11.3 Å². The number of thiophene rings is 1. The van der Waals surface area contributed by atoms with Crippen molar-refractivity contribution < 1.29 is 23.9 Å². The number of nitrogens with two attached hydrogens (primary N) is 1. The maximum atomic E-state index is 12.2. The molecular weight excluding hydrogens is 346 g/mol. The van der Waals surface area contributed by atoms with Crippen LogP contribution in [0.2, 0.25) is 0 Å². The van der Waals surface area contributed by atoms with Gasteiger partial charge >= 0.3 is 5.97 Å². The van der Waals surface area contributed by atoms with Crippen LogP contribution < -0.4 is 15.8 Å². The molecule has 2 amide bonds. The average Bonchev–Trinajstić information content (AvgIpc) is 3.03. The van der Waals surface area contributed by atoms with Crippen molar-refractivity contribution in [3.05, 3.63) is 40.9 Å². The first-order chi connectivity index (χ1) is 11.9. The van der Waals surface area contributed by atoms with Gasteiger partial charge in [-0.1, -0.05) is 0 Å². The molecule has 25 heavy (non-hydrogen) atoms. The van der Waals surface area contributed by atoms with Gasteiger partial charge in [-0.2, -0.15) is 0 Å². The van der Waals surface area contributed by atoms with Crippen LogP contribution in [-0.2, 0) is 9.53 Å². The zero-order chi connectivity index (χ0) is 18.4. The predicted octanol–water partition coefficient (Wildman–Crippen LogP) is 1.82. The first-order valence-electron chi connectivity index (χ1n) is 7.41. The van der Waals surface area contributed by atoms with Crippen LogP contribution in [0.15, 0.2) is 29.8 Å². The molecule has 2 aromatic rings. The standard InChI is InChI=1S/C16H17N3O5S/c1-3-23-14-11(5-4-7-18-14)16(22)24-9(2)13(21)19-15-10(12(17)20)6-8-25-15/h4-9H,3H2,1-2H3,(H2,17,20)(H,19,21)/t9-/m1/s1. The molecule has 0 radical (unpaired) electrons. The van der Waals surface area contributed by atoms with Gasteiger partial charge in [0.2, 0.25) is 5.88 Å². The molecule has 0 aliphatic heterocycles. The van der Waals surface area contributed by atoms with Crippen LogP contribution in [0.3, 0.4) is 0 Å². The smallest absolute Gasteiger partial charge is 0.344 e. The fraction of sp³-hybridized carbons (Fsp3) is 0.250. The van der Waals surface area contributed by atoms with Crippen molar-refractivity contribution in [3.63, 3.8) is 0 Å². The molecule has 0 aliphatic carbocycles. The van der Waals surface area contributed by atoms with E-state index in [1.165, 1.54) is 25.3 Å². The molecule has 0 spiro atoms. The number of anilines is 1. The number of ether oxygens (including phenoxy) is 2. The second kappa shape index (κ2) is 8.25. The number of aromatic nitrogens is 1. The van der Waals surface area contributed by atoms with Crippen molar-refractivity contribution >= 4 is 34.1 Å². The Morgan fingerprint density at radius 1 is 1.32 bits per heavy atom. The van der Waals surface area contributed by atoms with E-state index in [2.05, 4.69) is 10.3 Å². The number of primary amides is 1. The summed E-state index contributed by atoms with van der Waals surface area (Å²) < 4.78 is 10.4. The zero-order valence-electron chi connectivity index (χ0n) is 13.6. The van der Waals surface area contributed by atoms with Gasteiger partial charge in [-0.3, -0.25) is 9.59 Å². The molecule has 0 aliphatic rings. The van der Waals surface area contributed by atoms with E-state index in [0.29, 0.717) is 11.6 Å². The van der Waals surface area contributed by atoms with Crippen molar-refractivity contribution in [1.82, 2.24) is 4.98 Å². The summed E-state index contributed by atoms with van der Waals surface area (Å²) >= 11 is 1.14. The number of carbonyl (C=O) groups excluding carboxylic acids is 3. The Labute approximate surface area is 148 Å². The minimum Gasteiger partial charge on any atom is -0.477 e. The number of hydrogen-bond acceptors (Lipinski definition) is 7. The lowest BCUT2D eigenvalue weighted by atomic mass is 10.2. The summed E-state index contributed by atoms with van der Waals surface area (Å²) in [5, 5.41) is 4.45. The first kappa shape index (κ1) is 18.4. The molecule has 1 atom stereocenters. The van der Waals surface area contributed by atoms with Gasteiger partial charge in [0.05, 0.1) is 12.2 Å². The van der Waals surface area contributed by atoms with Gasteiger partial charge in [0.15, 0.2) is 6.10 Å². The van der Waals surface area contributed by atoms with Crippen LogP contribution in [-0.4, -0.2) is 35.5 Å². The number of nitrogens with zero attached hydrogens (tertiary/aromatic N) is 1. The fourth-order valence-corrected chi connectivity index (χ4v) is 2.68. The lowest BCUT2D eigenvalue weighted by Gasteiger charge is -2.14. The Balaban J connectivity index is 2.05. The number of rotatable bonds is 7. The number of esters is 1. The SMILES string of the molecule is CCOc1ncccc1C(=O)O[C@H](C)C(=O)Nc1sccc1C(N)=O. The van der Waals surface area contributed by atoms with Gasteiger partial charge < -0.3 is 20.5 Å². The van der Waals surface area contributed by atoms with Crippen molar-refractivity contribution in [2.24, 2.45) is 5.73 Å². The highest BCUT2D eigenvalue weighted by Gasteiger charge is 2.23. The minimum absolute atomic E-state index is 0.123. The summed E-state index contributed by atoms with van der Waals surface area (Å²) in [6.45, 7) is 3.51. The maximum absolute atomic E-state index is 12.2. The molecule has 2 rings (SSSR count). The number of pyridine rings is 1. The van der Waals surface area contributed by atoms with Crippen LogP contribution in [0.1, 0.15) is 34.6 Å². The summed E-state index contributed by atoms with van der Waals surface area (Å²) in [6.07, 6.45) is 0.394. The lowest BCUT2D eigenvalue weighted by molar-refractivity contribution is -0.123. The van der Waals surface area contributed by atoms with E-state index in [1.807, 2.05) is 0 Å². The van der Waals surface area contributed by atoms with Gasteiger partial charge in [0.1, 0.15) is 10.6 Å². The van der Waals surface area contributed by atoms with Crippen molar-refractivity contribution in [1.29, 1.82) is 0 Å². The third-order valence-electron chi connectivity index (χ3n) is 3.09. The predicted molar refractivity (Wildman–Crippen MR) is 91.8 cm³/mol. The van der Waals surface area contributed by atoms with Crippen LogP contribution >= 0.6 is 11.3 Å². The highest BCUT2D eigenvalue weighted by Crippen LogP contribution is 2.23. The monoisotopic (exact) mass is 363 g/mol. The van der Waals surface area contributed by atoms with E-state index >= 15 is 0 Å². The third-order valence-corrected chi connectivity index (χ3v) is 3.92. The second-order valence-corrected chi connectivity index (χ2v) is 5.77. The molecule has 132 valence electrons. The summed E-state index contributed by atoms with van der Waals surface area (Å²) in [4.78, 5) is 39.6. The quantitative estimate of drug-likeness (QED) is 0.724. The van der Waals surface area contributed by atoms with Gasteiger partial charge in [0.25, 0.3) is 11.8 Å². The minimum atomic E-state index is -1.09. The molecule has 0 fully saturated rings. The van der Waals surface area contributed by atoms with E-state index in [0.717, 1.165) is 11.3 Å². The maximum Gasteiger partial charge on any atom is 0.344 e. The first-order valence-corrected chi connectivity index (χ1v) is 8.29. The highest BCUT2D eigenvalue weighted by atomic mass is 32.1. The van der Waals surface area contributed by atoms with Crippen molar-refractivity contribution in [3.8, 4) is 5.88 Å². The average molecular weight is 363 g/mol. The highest BCUT2D eigenvalue weighted by molar-refractivity contribution is 7.14. The molecule has 0 aromatic carbocycles. The molecule has 0 saturated heterocycles. The van der Waals surface area contributed by atoms with Crippen molar-refractivity contribution in [2.45, 2.75) is 20.0 Å². The Morgan fingerprint density at radius 2 is 2.08 bits per heavy atom. The van der Waals surface area contributed by atoms with Gasteiger partial charge in [-0.25, -0.2) is 9.78 Å². The summed E-state index contributed by atoms with van der Waals surface area (Å²) in [5.41, 5.74) is 5.54.